The average Bonchev–Trinajstić information content (AvgIpc) is 2.72. The third kappa shape index (κ3) is 8.88. The van der Waals surface area contributed by atoms with Gasteiger partial charge in [-0.25, -0.2) is 0 Å². The van der Waals surface area contributed by atoms with Crippen molar-refractivity contribution in [3.8, 4) is 17.2 Å². The third-order valence-electron chi connectivity index (χ3n) is 4.36. The van der Waals surface area contributed by atoms with Crippen LogP contribution in [-0.4, -0.2) is 33.8 Å². The molecule has 0 saturated heterocycles. The molecule has 0 unspecified atom stereocenters. The predicted molar refractivity (Wildman–Crippen MR) is 121 cm³/mol. The van der Waals surface area contributed by atoms with Crippen molar-refractivity contribution in [2.45, 2.75) is 46.0 Å². The molecule has 2 rings (SSSR count). The Morgan fingerprint density at radius 3 is 2.42 bits per heavy atom. The van der Waals surface area contributed by atoms with Gasteiger partial charge in [-0.2, -0.15) is 8.42 Å². The summed E-state index contributed by atoms with van der Waals surface area (Å²) in [5.74, 6) is 0.992. The van der Waals surface area contributed by atoms with Crippen LogP contribution in [0.3, 0.4) is 0 Å². The molecule has 0 aliphatic rings. The molecule has 0 heterocycles. The number of nitrogens with one attached hydrogen (secondary N) is 1. The van der Waals surface area contributed by atoms with Gasteiger partial charge in [0.2, 0.25) is 0 Å². The number of para-hydroxylation sites is 1. The number of esters is 1. The van der Waals surface area contributed by atoms with E-state index in [1.807, 2.05) is 38.1 Å². The molecule has 170 valence electrons. The molecule has 1 N–H and O–H groups in total. The van der Waals surface area contributed by atoms with Crippen LogP contribution in [0.15, 0.2) is 42.5 Å². The summed E-state index contributed by atoms with van der Waals surface area (Å²) < 4.78 is 38.4. The summed E-state index contributed by atoms with van der Waals surface area (Å²) in [6, 6.07) is 12.5. The quantitative estimate of drug-likeness (QED) is 0.207. The molecule has 31 heavy (non-hydrogen) atoms. The third-order valence-corrected chi connectivity index (χ3v) is 4.85. The van der Waals surface area contributed by atoms with Crippen LogP contribution in [0.25, 0.3) is 0 Å². The first-order valence-electron chi connectivity index (χ1n) is 10.5. The maximum atomic E-state index is 12.2. The average molecular weight is 450 g/mol. The SMILES string of the molecule is CCCCC(=O)Oc1c(NCCCc2ccc(OS(C)(=O)=O)cc2)cccc1OCC. The lowest BCUT2D eigenvalue weighted by atomic mass is 10.1. The van der Waals surface area contributed by atoms with Crippen LogP contribution in [0.1, 0.15) is 45.1 Å². The number of anilines is 1. The van der Waals surface area contributed by atoms with Crippen molar-refractivity contribution in [1.82, 2.24) is 0 Å². The second kappa shape index (κ2) is 12.2. The van der Waals surface area contributed by atoms with Gasteiger partial charge in [0, 0.05) is 13.0 Å². The first-order valence-corrected chi connectivity index (χ1v) is 12.3. The van der Waals surface area contributed by atoms with Crippen LogP contribution in [-0.2, 0) is 21.3 Å². The molecule has 0 aromatic heterocycles. The molecular formula is C23H31NO6S. The normalized spacial score (nSPS) is 11.1. The van der Waals surface area contributed by atoms with E-state index in [1.54, 1.807) is 18.2 Å². The van der Waals surface area contributed by atoms with Crippen molar-refractivity contribution < 1.29 is 26.9 Å². The van der Waals surface area contributed by atoms with E-state index in [0.29, 0.717) is 42.5 Å². The number of benzene rings is 2. The number of hydrogen-bond donors (Lipinski definition) is 1. The van der Waals surface area contributed by atoms with Crippen LogP contribution >= 0.6 is 0 Å². The molecule has 0 atom stereocenters. The van der Waals surface area contributed by atoms with Gasteiger partial charge in [0.05, 0.1) is 18.6 Å². The number of aryl methyl sites for hydroxylation is 1. The van der Waals surface area contributed by atoms with E-state index in [9.17, 15) is 13.2 Å². The lowest BCUT2D eigenvalue weighted by molar-refractivity contribution is -0.134. The molecular weight excluding hydrogens is 418 g/mol. The number of carbonyl (C=O) groups is 1. The van der Waals surface area contributed by atoms with Gasteiger partial charge in [-0.15, -0.1) is 0 Å². The first-order chi connectivity index (χ1) is 14.8. The lowest BCUT2D eigenvalue weighted by Gasteiger charge is -2.16. The smallest absolute Gasteiger partial charge is 0.311 e. The van der Waals surface area contributed by atoms with Crippen molar-refractivity contribution in [1.29, 1.82) is 0 Å². The van der Waals surface area contributed by atoms with Crippen LogP contribution in [0.4, 0.5) is 5.69 Å². The molecule has 0 amide bonds. The molecule has 8 heteroatoms. The summed E-state index contributed by atoms with van der Waals surface area (Å²) in [5.41, 5.74) is 1.78. The lowest BCUT2D eigenvalue weighted by Crippen LogP contribution is -2.12. The van der Waals surface area contributed by atoms with Gasteiger partial charge < -0.3 is 19.0 Å². The Labute approximate surface area is 184 Å². The Morgan fingerprint density at radius 1 is 1.03 bits per heavy atom. The number of unbranched alkanes of at least 4 members (excludes halogenated alkanes) is 1. The highest BCUT2D eigenvalue weighted by molar-refractivity contribution is 7.86. The Hall–Kier alpha value is -2.74. The Balaban J connectivity index is 1.95. The highest BCUT2D eigenvalue weighted by Gasteiger charge is 2.15. The zero-order valence-corrected chi connectivity index (χ0v) is 19.2. The van der Waals surface area contributed by atoms with Crippen molar-refractivity contribution in [2.75, 3.05) is 24.7 Å². The number of ether oxygens (including phenoxy) is 2. The minimum Gasteiger partial charge on any atom is -0.490 e. The maximum absolute atomic E-state index is 12.2. The first kappa shape index (κ1) is 24.5. The topological polar surface area (TPSA) is 90.9 Å². The molecule has 0 spiro atoms. The highest BCUT2D eigenvalue weighted by atomic mass is 32.2. The van der Waals surface area contributed by atoms with Gasteiger partial charge in [-0.05, 0) is 56.0 Å². The van der Waals surface area contributed by atoms with Crippen LogP contribution < -0.4 is 19.0 Å². The molecule has 7 nitrogen and oxygen atoms in total. The second-order valence-corrected chi connectivity index (χ2v) is 8.68. The summed E-state index contributed by atoms with van der Waals surface area (Å²) in [5, 5.41) is 3.33. The van der Waals surface area contributed by atoms with E-state index in [2.05, 4.69) is 5.32 Å². The molecule has 2 aromatic carbocycles. The fourth-order valence-corrected chi connectivity index (χ4v) is 3.38. The van der Waals surface area contributed by atoms with Crippen molar-refractivity contribution >= 4 is 21.8 Å². The van der Waals surface area contributed by atoms with Crippen LogP contribution in [0.5, 0.6) is 17.2 Å². The van der Waals surface area contributed by atoms with Gasteiger partial charge in [0.25, 0.3) is 0 Å². The largest absolute Gasteiger partial charge is 0.490 e. The summed E-state index contributed by atoms with van der Waals surface area (Å²) in [7, 11) is -3.52. The van der Waals surface area contributed by atoms with Crippen molar-refractivity contribution in [3.05, 3.63) is 48.0 Å². The fourth-order valence-electron chi connectivity index (χ4n) is 2.92. The molecule has 0 aliphatic carbocycles. The number of hydrogen-bond acceptors (Lipinski definition) is 7. The standard InChI is InChI=1S/C23H31NO6S/c1-4-6-12-22(25)29-23-20(10-7-11-21(23)28-5-2)24-17-8-9-18-13-15-19(16-14-18)30-31(3,26)27/h7,10-11,13-16,24H,4-6,8-9,12,17H2,1-3H3. The summed E-state index contributed by atoms with van der Waals surface area (Å²) in [4.78, 5) is 12.2. The molecule has 0 radical (unpaired) electrons. The minimum absolute atomic E-state index is 0.270. The summed E-state index contributed by atoms with van der Waals surface area (Å²) in [6.07, 6.45) is 4.72. The van der Waals surface area contributed by atoms with Crippen LogP contribution in [0.2, 0.25) is 0 Å². The second-order valence-electron chi connectivity index (χ2n) is 7.11. The summed E-state index contributed by atoms with van der Waals surface area (Å²) >= 11 is 0. The predicted octanol–water partition coefficient (Wildman–Crippen LogP) is 4.56. The van der Waals surface area contributed by atoms with Gasteiger partial charge in [-0.1, -0.05) is 31.5 Å². The number of carbonyl (C=O) groups excluding carboxylic acids is 1. The van der Waals surface area contributed by atoms with E-state index in [4.69, 9.17) is 13.7 Å². The molecule has 0 fully saturated rings. The number of rotatable bonds is 13. The summed E-state index contributed by atoms with van der Waals surface area (Å²) in [6.45, 7) is 5.05. The molecule has 0 bridgehead atoms. The van der Waals surface area contributed by atoms with E-state index in [0.717, 1.165) is 37.5 Å². The van der Waals surface area contributed by atoms with Gasteiger partial charge >= 0.3 is 16.1 Å². The van der Waals surface area contributed by atoms with Gasteiger partial charge in [-0.3, -0.25) is 4.79 Å². The van der Waals surface area contributed by atoms with Crippen molar-refractivity contribution in [3.63, 3.8) is 0 Å². The van der Waals surface area contributed by atoms with E-state index in [1.165, 1.54) is 0 Å². The monoisotopic (exact) mass is 449 g/mol. The zero-order valence-electron chi connectivity index (χ0n) is 18.3. The van der Waals surface area contributed by atoms with Gasteiger partial charge in [0.1, 0.15) is 5.75 Å². The Morgan fingerprint density at radius 2 is 1.77 bits per heavy atom. The fraction of sp³-hybridized carbons (Fsp3) is 0.435. The Bertz CT molecular complexity index is 941. The van der Waals surface area contributed by atoms with E-state index in [-0.39, 0.29) is 5.97 Å². The molecule has 2 aromatic rings. The molecule has 0 aliphatic heterocycles. The highest BCUT2D eigenvalue weighted by Crippen LogP contribution is 2.36. The minimum atomic E-state index is -3.52. The Kier molecular flexibility index (Phi) is 9.65. The van der Waals surface area contributed by atoms with Crippen LogP contribution in [0, 0.1) is 0 Å². The zero-order chi connectivity index (χ0) is 22.7. The van der Waals surface area contributed by atoms with Crippen molar-refractivity contribution in [2.24, 2.45) is 0 Å². The molecule has 0 saturated carbocycles. The van der Waals surface area contributed by atoms with E-state index < -0.39 is 10.1 Å². The van der Waals surface area contributed by atoms with Gasteiger partial charge in [0.15, 0.2) is 11.5 Å². The van der Waals surface area contributed by atoms with E-state index >= 15 is 0 Å². The maximum Gasteiger partial charge on any atom is 0.311 e.